The van der Waals surface area contributed by atoms with E-state index in [1.54, 1.807) is 10.6 Å². The summed E-state index contributed by atoms with van der Waals surface area (Å²) in [6, 6.07) is 1.58. The minimum Gasteiger partial charge on any atom is -0.356 e. The molecule has 148 valence electrons. The van der Waals surface area contributed by atoms with Crippen molar-refractivity contribution in [3.63, 3.8) is 0 Å². The lowest BCUT2D eigenvalue weighted by Gasteiger charge is -2.26. The summed E-state index contributed by atoms with van der Waals surface area (Å²) in [4.78, 5) is 43.0. The van der Waals surface area contributed by atoms with Crippen molar-refractivity contribution in [3.8, 4) is 0 Å². The Morgan fingerprint density at radius 2 is 2.15 bits per heavy atom. The molecule has 2 aliphatic heterocycles. The van der Waals surface area contributed by atoms with Crippen molar-refractivity contribution < 1.29 is 9.59 Å². The van der Waals surface area contributed by atoms with Crippen molar-refractivity contribution >= 4 is 23.6 Å². The van der Waals surface area contributed by atoms with Crippen LogP contribution in [0.2, 0.25) is 0 Å². The van der Waals surface area contributed by atoms with Crippen LogP contribution in [0.5, 0.6) is 0 Å². The summed E-state index contributed by atoms with van der Waals surface area (Å²) in [7, 11) is 0. The predicted molar refractivity (Wildman–Crippen MR) is 105 cm³/mol. The van der Waals surface area contributed by atoms with Crippen molar-refractivity contribution in [2.24, 2.45) is 5.92 Å². The van der Waals surface area contributed by atoms with Crippen LogP contribution in [0.3, 0.4) is 0 Å². The van der Waals surface area contributed by atoms with Crippen molar-refractivity contribution in [2.75, 3.05) is 25.4 Å². The molecule has 0 bridgehead atoms. The fourth-order valence-electron chi connectivity index (χ4n) is 3.32. The smallest absolute Gasteiger partial charge is 0.254 e. The van der Waals surface area contributed by atoms with Gasteiger partial charge in [0.05, 0.1) is 11.6 Å². The lowest BCUT2D eigenvalue weighted by atomic mass is 9.92. The Labute approximate surface area is 163 Å². The van der Waals surface area contributed by atoms with Gasteiger partial charge in [0, 0.05) is 49.8 Å². The van der Waals surface area contributed by atoms with Crippen LogP contribution in [0, 0.1) is 5.92 Å². The second kappa shape index (κ2) is 8.04. The van der Waals surface area contributed by atoms with Crippen LogP contribution in [-0.2, 0) is 21.5 Å². The van der Waals surface area contributed by atoms with E-state index in [2.05, 4.69) is 10.3 Å². The number of hydrogen-bond acceptors (Lipinski definition) is 5. The second-order valence-electron chi connectivity index (χ2n) is 8.26. The topological polar surface area (TPSA) is 84.3 Å². The Bertz CT molecular complexity index is 784. The van der Waals surface area contributed by atoms with Gasteiger partial charge < -0.3 is 10.2 Å². The highest BCUT2D eigenvalue weighted by Crippen LogP contribution is 2.28. The van der Waals surface area contributed by atoms with Gasteiger partial charge >= 0.3 is 0 Å². The Morgan fingerprint density at radius 3 is 2.81 bits per heavy atom. The number of likely N-dealkylation sites (tertiary alicyclic amines) is 1. The van der Waals surface area contributed by atoms with Gasteiger partial charge in [-0.2, -0.15) is 0 Å². The lowest BCUT2D eigenvalue weighted by molar-refractivity contribution is -0.127. The summed E-state index contributed by atoms with van der Waals surface area (Å²) < 4.78 is 1.61. The molecule has 1 aromatic heterocycles. The minimum absolute atomic E-state index is 0.0345. The van der Waals surface area contributed by atoms with Gasteiger partial charge in [-0.15, -0.1) is 0 Å². The molecule has 1 unspecified atom stereocenters. The number of hydrogen-bond donors (Lipinski definition) is 1. The number of carbonyl (C=O) groups excluding carboxylic acids is 2. The predicted octanol–water partition coefficient (Wildman–Crippen LogP) is 1.39. The highest BCUT2D eigenvalue weighted by molar-refractivity contribution is 7.99. The van der Waals surface area contributed by atoms with E-state index < -0.39 is 0 Å². The van der Waals surface area contributed by atoms with Crippen LogP contribution in [0.1, 0.15) is 45.7 Å². The third-order valence-corrected chi connectivity index (χ3v) is 6.14. The van der Waals surface area contributed by atoms with Crippen LogP contribution in [0.4, 0.5) is 0 Å². The van der Waals surface area contributed by atoms with Crippen molar-refractivity contribution in [1.82, 2.24) is 19.8 Å². The van der Waals surface area contributed by atoms with Gasteiger partial charge in [0.1, 0.15) is 0 Å². The highest BCUT2D eigenvalue weighted by Gasteiger charge is 2.28. The molecule has 1 saturated heterocycles. The summed E-state index contributed by atoms with van der Waals surface area (Å²) in [6.45, 7) is 8.54. The largest absolute Gasteiger partial charge is 0.356 e. The first kappa shape index (κ1) is 19.9. The zero-order valence-corrected chi connectivity index (χ0v) is 17.1. The van der Waals surface area contributed by atoms with Crippen LogP contribution in [0.25, 0.3) is 0 Å². The third-order valence-electron chi connectivity index (χ3n) is 5.00. The van der Waals surface area contributed by atoms with Gasteiger partial charge in [-0.3, -0.25) is 19.0 Å². The molecule has 0 saturated carbocycles. The maximum atomic E-state index is 12.5. The van der Waals surface area contributed by atoms with Crippen LogP contribution in [0.15, 0.2) is 16.0 Å². The van der Waals surface area contributed by atoms with Crippen LogP contribution < -0.4 is 10.9 Å². The molecule has 1 fully saturated rings. The highest BCUT2D eigenvalue weighted by atomic mass is 32.2. The lowest BCUT2D eigenvalue weighted by Crippen LogP contribution is -2.41. The van der Waals surface area contributed by atoms with Gasteiger partial charge in [0.2, 0.25) is 11.8 Å². The molecule has 2 amide bonds. The summed E-state index contributed by atoms with van der Waals surface area (Å²) in [5, 5.41) is 3.65. The second-order valence-corrected chi connectivity index (χ2v) is 9.25. The van der Waals surface area contributed by atoms with E-state index in [4.69, 9.17) is 0 Å². The van der Waals surface area contributed by atoms with Crippen molar-refractivity contribution in [2.45, 2.75) is 57.1 Å². The molecule has 1 N–H and O–H groups in total. The van der Waals surface area contributed by atoms with E-state index in [1.807, 2.05) is 25.7 Å². The van der Waals surface area contributed by atoms with E-state index >= 15 is 0 Å². The van der Waals surface area contributed by atoms with Crippen molar-refractivity contribution in [3.05, 3.63) is 22.1 Å². The molecule has 0 spiro atoms. The first-order valence-electron chi connectivity index (χ1n) is 9.56. The summed E-state index contributed by atoms with van der Waals surface area (Å²) in [5.74, 6) is 0.558. The number of thioether (sulfide) groups is 1. The Morgan fingerprint density at radius 1 is 1.37 bits per heavy atom. The molecule has 8 heteroatoms. The fraction of sp³-hybridized carbons (Fsp3) is 0.684. The zero-order chi connectivity index (χ0) is 19.6. The van der Waals surface area contributed by atoms with E-state index in [1.165, 1.54) is 11.8 Å². The fourth-order valence-corrected chi connectivity index (χ4v) is 4.41. The third kappa shape index (κ3) is 4.72. The Hall–Kier alpha value is -1.83. The van der Waals surface area contributed by atoms with Gasteiger partial charge in [0.25, 0.3) is 5.56 Å². The van der Waals surface area contributed by atoms with E-state index in [9.17, 15) is 14.4 Å². The molecule has 0 aliphatic carbocycles. The van der Waals surface area contributed by atoms with Gasteiger partial charge in [-0.05, 0) is 12.8 Å². The SMILES string of the molecule is CC(C)(C)c1cc(=O)n2c(n1)SCC(C(=O)NCCCN1CCCC1=O)C2. The molecule has 3 heterocycles. The molecular formula is C19H28N4O3S. The number of rotatable bonds is 5. The van der Waals surface area contributed by atoms with Gasteiger partial charge in [0.15, 0.2) is 5.16 Å². The number of aromatic nitrogens is 2. The number of nitrogens with one attached hydrogen (secondary N) is 1. The maximum Gasteiger partial charge on any atom is 0.254 e. The number of carbonyl (C=O) groups is 2. The van der Waals surface area contributed by atoms with E-state index in [0.29, 0.717) is 37.0 Å². The van der Waals surface area contributed by atoms with E-state index in [-0.39, 0.29) is 28.7 Å². The van der Waals surface area contributed by atoms with Gasteiger partial charge in [-0.25, -0.2) is 4.98 Å². The van der Waals surface area contributed by atoms with Gasteiger partial charge in [-0.1, -0.05) is 32.5 Å². The first-order valence-corrected chi connectivity index (χ1v) is 10.5. The maximum absolute atomic E-state index is 12.5. The average molecular weight is 393 g/mol. The molecule has 0 radical (unpaired) electrons. The average Bonchev–Trinajstić information content (AvgIpc) is 3.02. The molecule has 0 aromatic carbocycles. The molecule has 2 aliphatic rings. The standard InChI is InChI=1S/C19H28N4O3S/c1-19(2,3)14-10-16(25)23-11-13(12-27-18(23)21-14)17(26)20-7-5-9-22-8-4-6-15(22)24/h10,13H,4-9,11-12H2,1-3H3,(H,20,26). The molecule has 3 rings (SSSR count). The zero-order valence-electron chi connectivity index (χ0n) is 16.3. The van der Waals surface area contributed by atoms with Crippen LogP contribution >= 0.6 is 11.8 Å². The quantitative estimate of drug-likeness (QED) is 0.605. The normalized spacial score (nSPS) is 19.9. The summed E-state index contributed by atoms with van der Waals surface area (Å²) >= 11 is 1.47. The Kier molecular flexibility index (Phi) is 5.93. The summed E-state index contributed by atoms with van der Waals surface area (Å²) in [6.07, 6.45) is 2.33. The molecular weight excluding hydrogens is 364 g/mol. The Balaban J connectivity index is 1.53. The number of nitrogens with zero attached hydrogens (tertiary/aromatic N) is 3. The minimum atomic E-state index is -0.240. The van der Waals surface area contributed by atoms with Crippen molar-refractivity contribution in [1.29, 1.82) is 0 Å². The van der Waals surface area contributed by atoms with E-state index in [0.717, 1.165) is 25.1 Å². The molecule has 1 atom stereocenters. The number of fused-ring (bicyclic) bond motifs is 1. The summed E-state index contributed by atoms with van der Waals surface area (Å²) in [5.41, 5.74) is 0.508. The monoisotopic (exact) mass is 392 g/mol. The van der Waals surface area contributed by atoms with Crippen LogP contribution in [-0.4, -0.2) is 51.7 Å². The first-order chi connectivity index (χ1) is 12.8. The molecule has 27 heavy (non-hydrogen) atoms. The molecule has 7 nitrogen and oxygen atoms in total. The number of amides is 2. The molecule has 1 aromatic rings.